The number of rotatable bonds is 2. The number of amidine groups is 1. The summed E-state index contributed by atoms with van der Waals surface area (Å²) in [5.74, 6) is -0.312. The fourth-order valence-electron chi connectivity index (χ4n) is 2.43. The van der Waals surface area contributed by atoms with E-state index >= 15 is 0 Å². The molecule has 0 aliphatic carbocycles. The number of alkyl halides is 3. The van der Waals surface area contributed by atoms with Gasteiger partial charge in [0, 0.05) is 22.7 Å². The number of nitrogens with two attached hydrogens (primary N) is 1. The maximum Gasteiger partial charge on any atom is 0.416 e. The predicted octanol–water partition coefficient (Wildman–Crippen LogP) is 3.29. The molecule has 0 bridgehead atoms. The molecule has 0 atom stereocenters. The molecule has 3 N–H and O–H groups in total. The van der Waals surface area contributed by atoms with Crippen molar-refractivity contribution in [3.8, 4) is 0 Å². The number of para-hydroxylation sites is 1. The Morgan fingerprint density at radius 1 is 1.24 bits per heavy atom. The van der Waals surface area contributed by atoms with Crippen molar-refractivity contribution in [2.24, 2.45) is 10.7 Å². The van der Waals surface area contributed by atoms with Crippen molar-refractivity contribution < 1.29 is 13.2 Å². The van der Waals surface area contributed by atoms with E-state index in [1.165, 1.54) is 0 Å². The molecule has 3 aromatic rings. The number of pyridine rings is 2. The van der Waals surface area contributed by atoms with Gasteiger partial charge >= 0.3 is 6.18 Å². The van der Waals surface area contributed by atoms with Crippen molar-refractivity contribution >= 4 is 22.6 Å². The molecule has 0 fully saturated rings. The van der Waals surface area contributed by atoms with Crippen LogP contribution in [0.4, 0.5) is 19.0 Å². The van der Waals surface area contributed by atoms with Gasteiger partial charge in [-0.15, -0.1) is 0 Å². The van der Waals surface area contributed by atoms with Crippen LogP contribution in [0.3, 0.4) is 0 Å². The van der Waals surface area contributed by atoms with Crippen molar-refractivity contribution in [3.63, 3.8) is 0 Å². The largest absolute Gasteiger partial charge is 0.416 e. The zero-order valence-corrected chi connectivity index (χ0v) is 13.1. The first-order valence-electron chi connectivity index (χ1n) is 7.27. The van der Waals surface area contributed by atoms with Gasteiger partial charge in [0.1, 0.15) is 5.84 Å². The highest BCUT2D eigenvalue weighted by Crippen LogP contribution is 2.30. The lowest BCUT2D eigenvalue weighted by Gasteiger charge is -2.09. The summed E-state index contributed by atoms with van der Waals surface area (Å²) in [6.07, 6.45) is -3.50. The first-order chi connectivity index (χ1) is 11.8. The maximum absolute atomic E-state index is 12.8. The number of aromatic amines is 1. The Balaban J connectivity index is 2.11. The monoisotopic (exact) mass is 346 g/mol. The van der Waals surface area contributed by atoms with Gasteiger partial charge in [-0.3, -0.25) is 4.79 Å². The number of nitrogens with one attached hydrogen (secondary N) is 1. The zero-order chi connectivity index (χ0) is 18.2. The van der Waals surface area contributed by atoms with Crippen molar-refractivity contribution in [2.75, 3.05) is 0 Å². The third-order valence-corrected chi connectivity index (χ3v) is 3.71. The lowest BCUT2D eigenvalue weighted by atomic mass is 10.1. The van der Waals surface area contributed by atoms with E-state index in [0.29, 0.717) is 16.5 Å². The molecule has 0 radical (unpaired) electrons. The minimum absolute atomic E-state index is 0.118. The van der Waals surface area contributed by atoms with Gasteiger partial charge in [0.2, 0.25) is 0 Å². The first kappa shape index (κ1) is 16.7. The van der Waals surface area contributed by atoms with Crippen LogP contribution in [0.1, 0.15) is 16.8 Å². The molecule has 2 aromatic heterocycles. The Labute approximate surface area is 140 Å². The Hall–Kier alpha value is -3.16. The number of H-pyrrole nitrogens is 1. The van der Waals surface area contributed by atoms with Crippen LogP contribution >= 0.6 is 0 Å². The van der Waals surface area contributed by atoms with Gasteiger partial charge in [-0.05, 0) is 31.2 Å². The van der Waals surface area contributed by atoms with E-state index in [1.807, 2.05) is 0 Å². The van der Waals surface area contributed by atoms with E-state index in [1.54, 1.807) is 31.2 Å². The molecular formula is C17H13F3N4O. The minimum Gasteiger partial charge on any atom is -0.382 e. The van der Waals surface area contributed by atoms with E-state index in [0.717, 1.165) is 18.3 Å². The summed E-state index contributed by atoms with van der Waals surface area (Å²) in [5, 5.41) is 0.494. The molecule has 2 heterocycles. The van der Waals surface area contributed by atoms with Gasteiger partial charge in [-0.1, -0.05) is 12.1 Å². The van der Waals surface area contributed by atoms with Crippen LogP contribution in [-0.4, -0.2) is 15.8 Å². The quantitative estimate of drug-likeness (QED) is 0.552. The first-order valence-corrected chi connectivity index (χ1v) is 7.27. The van der Waals surface area contributed by atoms with Crippen LogP contribution < -0.4 is 11.2 Å². The Bertz CT molecular complexity index is 1040. The number of benzene rings is 1. The van der Waals surface area contributed by atoms with E-state index < -0.39 is 11.7 Å². The summed E-state index contributed by atoms with van der Waals surface area (Å²) < 4.78 is 38.3. The SMILES string of the molecule is Cc1c(C(N)=Nc2cc(C(F)(F)F)ccn2)[nH]c2ccccc2c1=O. The number of aliphatic imine (C=N–C) groups is 1. The van der Waals surface area contributed by atoms with Crippen LogP contribution in [0.5, 0.6) is 0 Å². The fourth-order valence-corrected chi connectivity index (χ4v) is 2.43. The summed E-state index contributed by atoms with van der Waals surface area (Å²) >= 11 is 0. The number of hydrogen-bond donors (Lipinski definition) is 2. The van der Waals surface area contributed by atoms with Crippen molar-refractivity contribution in [1.82, 2.24) is 9.97 Å². The number of hydrogen-bond acceptors (Lipinski definition) is 3. The van der Waals surface area contributed by atoms with E-state index in [2.05, 4.69) is 15.0 Å². The van der Waals surface area contributed by atoms with Crippen LogP contribution in [-0.2, 0) is 6.18 Å². The number of aromatic nitrogens is 2. The fraction of sp³-hybridized carbons (Fsp3) is 0.118. The normalized spacial score (nSPS) is 12.6. The third-order valence-electron chi connectivity index (χ3n) is 3.71. The standard InChI is InChI=1S/C17H13F3N4O/c1-9-14(23-12-5-3-2-4-11(12)15(9)25)16(21)24-13-8-10(6-7-22-13)17(18,19)20/h2-8H,1H3,(H,23,25)(H2,21,22,24). The van der Waals surface area contributed by atoms with Gasteiger partial charge in [0.15, 0.2) is 11.2 Å². The average molecular weight is 346 g/mol. The average Bonchev–Trinajstić information content (AvgIpc) is 2.57. The molecule has 3 rings (SSSR count). The Morgan fingerprint density at radius 2 is 1.96 bits per heavy atom. The molecule has 0 aliphatic rings. The summed E-state index contributed by atoms with van der Waals surface area (Å²) in [6, 6.07) is 8.50. The predicted molar refractivity (Wildman–Crippen MR) is 88.9 cm³/mol. The van der Waals surface area contributed by atoms with Gasteiger partial charge in [0.05, 0.1) is 11.3 Å². The molecule has 0 saturated carbocycles. The molecular weight excluding hydrogens is 333 g/mol. The van der Waals surface area contributed by atoms with Gasteiger partial charge in [-0.2, -0.15) is 13.2 Å². The van der Waals surface area contributed by atoms with E-state index in [-0.39, 0.29) is 22.8 Å². The second-order valence-corrected chi connectivity index (χ2v) is 5.40. The number of halogens is 3. The highest BCUT2D eigenvalue weighted by Gasteiger charge is 2.30. The van der Waals surface area contributed by atoms with Crippen molar-refractivity contribution in [1.29, 1.82) is 0 Å². The van der Waals surface area contributed by atoms with Crippen LogP contribution in [0.25, 0.3) is 10.9 Å². The minimum atomic E-state index is -4.50. The molecule has 0 amide bonds. The second-order valence-electron chi connectivity index (χ2n) is 5.40. The van der Waals surface area contributed by atoms with Crippen molar-refractivity contribution in [2.45, 2.75) is 13.1 Å². The topological polar surface area (TPSA) is 84.1 Å². The smallest absolute Gasteiger partial charge is 0.382 e. The Kier molecular flexibility index (Phi) is 4.03. The summed E-state index contributed by atoms with van der Waals surface area (Å²) in [7, 11) is 0. The molecule has 1 aromatic carbocycles. The zero-order valence-electron chi connectivity index (χ0n) is 13.1. The molecule has 8 heteroatoms. The highest BCUT2D eigenvalue weighted by molar-refractivity contribution is 6.00. The van der Waals surface area contributed by atoms with E-state index in [9.17, 15) is 18.0 Å². The number of fused-ring (bicyclic) bond motifs is 1. The number of nitrogens with zero attached hydrogens (tertiary/aromatic N) is 2. The van der Waals surface area contributed by atoms with Gasteiger partial charge in [-0.25, -0.2) is 9.98 Å². The van der Waals surface area contributed by atoms with Crippen LogP contribution in [0.15, 0.2) is 52.4 Å². The van der Waals surface area contributed by atoms with Gasteiger partial charge in [0.25, 0.3) is 0 Å². The molecule has 25 heavy (non-hydrogen) atoms. The molecule has 0 unspecified atom stereocenters. The molecule has 0 aliphatic heterocycles. The van der Waals surface area contributed by atoms with Crippen LogP contribution in [0, 0.1) is 6.92 Å². The van der Waals surface area contributed by atoms with Crippen LogP contribution in [0.2, 0.25) is 0 Å². The summed E-state index contributed by atoms with van der Waals surface area (Å²) in [6.45, 7) is 1.57. The lowest BCUT2D eigenvalue weighted by Crippen LogP contribution is -2.22. The summed E-state index contributed by atoms with van der Waals surface area (Å²) in [4.78, 5) is 23.1. The third kappa shape index (κ3) is 3.23. The molecule has 128 valence electrons. The molecule has 0 saturated heterocycles. The second kappa shape index (κ2) is 6.04. The van der Waals surface area contributed by atoms with E-state index in [4.69, 9.17) is 5.73 Å². The molecule has 5 nitrogen and oxygen atoms in total. The van der Waals surface area contributed by atoms with Gasteiger partial charge < -0.3 is 10.7 Å². The van der Waals surface area contributed by atoms with Crippen molar-refractivity contribution in [3.05, 3.63) is 69.6 Å². The highest BCUT2D eigenvalue weighted by atomic mass is 19.4. The lowest BCUT2D eigenvalue weighted by molar-refractivity contribution is -0.137. The summed E-state index contributed by atoms with van der Waals surface area (Å²) in [5.41, 5.74) is 5.94. The Morgan fingerprint density at radius 3 is 2.68 bits per heavy atom. The molecule has 0 spiro atoms. The maximum atomic E-state index is 12.8.